The lowest BCUT2D eigenvalue weighted by Crippen LogP contribution is -2.22. The number of carbonyl (C=O) groups excluding carboxylic acids is 1. The van der Waals surface area contributed by atoms with Gasteiger partial charge in [0.05, 0.1) is 21.9 Å². The summed E-state index contributed by atoms with van der Waals surface area (Å²) < 4.78 is 15.0. The third-order valence-electron chi connectivity index (χ3n) is 4.19. The van der Waals surface area contributed by atoms with Gasteiger partial charge in [-0.1, -0.05) is 6.07 Å². The van der Waals surface area contributed by atoms with Crippen molar-refractivity contribution in [2.24, 2.45) is 0 Å². The number of halogens is 1. The zero-order valence-corrected chi connectivity index (χ0v) is 15.3. The molecular formula is C18H16FN3OS2. The van der Waals surface area contributed by atoms with E-state index >= 15 is 0 Å². The molecular weight excluding hydrogens is 357 g/mol. The Labute approximate surface area is 153 Å². The maximum atomic E-state index is 13.3. The monoisotopic (exact) mass is 373 g/mol. The number of aromatic nitrogens is 2. The number of aryl methyl sites for hydroxylation is 1. The predicted octanol–water partition coefficient (Wildman–Crippen LogP) is 4.54. The van der Waals surface area contributed by atoms with Gasteiger partial charge >= 0.3 is 0 Å². The third-order valence-corrected chi connectivity index (χ3v) is 6.66. The molecule has 1 aromatic carbocycles. The first-order chi connectivity index (χ1) is 12.0. The minimum atomic E-state index is -0.302. The van der Waals surface area contributed by atoms with E-state index in [1.54, 1.807) is 39.9 Å². The van der Waals surface area contributed by atoms with Gasteiger partial charge in [0.2, 0.25) is 5.91 Å². The molecule has 0 spiro atoms. The normalized spacial score (nSPS) is 20.0. The average molecular weight is 373 g/mol. The summed E-state index contributed by atoms with van der Waals surface area (Å²) in [5, 5.41) is 9.54. The number of amides is 1. The first-order valence-corrected chi connectivity index (χ1v) is 9.72. The van der Waals surface area contributed by atoms with Crippen LogP contribution in [0.2, 0.25) is 0 Å². The minimum Gasteiger partial charge on any atom is -0.309 e. The molecule has 7 heteroatoms. The Hall–Kier alpha value is -2.12. The van der Waals surface area contributed by atoms with Crippen LogP contribution in [0.5, 0.6) is 0 Å². The van der Waals surface area contributed by atoms with Gasteiger partial charge in [-0.15, -0.1) is 23.1 Å². The van der Waals surface area contributed by atoms with Gasteiger partial charge in [-0.2, -0.15) is 5.10 Å². The van der Waals surface area contributed by atoms with E-state index in [4.69, 9.17) is 0 Å². The molecule has 128 valence electrons. The molecule has 0 saturated carbocycles. The second kappa shape index (κ2) is 6.31. The Bertz CT molecular complexity index is 919. The molecule has 2 unspecified atom stereocenters. The van der Waals surface area contributed by atoms with Crippen molar-refractivity contribution in [3.63, 3.8) is 0 Å². The lowest BCUT2D eigenvalue weighted by atomic mass is 10.1. The number of rotatable bonds is 2. The quantitative estimate of drug-likeness (QED) is 0.717. The summed E-state index contributed by atoms with van der Waals surface area (Å²) in [6, 6.07) is 10.2. The Morgan fingerprint density at radius 1 is 1.24 bits per heavy atom. The molecule has 3 heterocycles. The molecule has 1 amide bonds. The third kappa shape index (κ3) is 2.87. The molecule has 1 N–H and O–H groups in total. The zero-order valence-electron chi connectivity index (χ0n) is 13.7. The highest BCUT2D eigenvalue weighted by Crippen LogP contribution is 2.47. The highest BCUT2D eigenvalue weighted by Gasteiger charge is 2.34. The summed E-state index contributed by atoms with van der Waals surface area (Å²) in [6.45, 7) is 3.86. The number of benzene rings is 1. The smallest absolute Gasteiger partial charge is 0.238 e. The number of thioether (sulfide) groups is 1. The second-order valence-electron chi connectivity index (χ2n) is 5.90. The van der Waals surface area contributed by atoms with Gasteiger partial charge in [-0.05, 0) is 49.6 Å². The summed E-state index contributed by atoms with van der Waals surface area (Å²) in [4.78, 5) is 13.7. The molecule has 2 atom stereocenters. The first-order valence-electron chi connectivity index (χ1n) is 7.90. The molecule has 0 bridgehead atoms. The summed E-state index contributed by atoms with van der Waals surface area (Å²) >= 11 is 3.30. The van der Waals surface area contributed by atoms with Crippen LogP contribution in [0.3, 0.4) is 0 Å². The highest BCUT2D eigenvalue weighted by atomic mass is 32.2. The summed E-state index contributed by atoms with van der Waals surface area (Å²) in [6.07, 6.45) is 0. The largest absolute Gasteiger partial charge is 0.309 e. The number of hydrogen-bond acceptors (Lipinski definition) is 4. The highest BCUT2D eigenvalue weighted by molar-refractivity contribution is 8.01. The predicted molar refractivity (Wildman–Crippen MR) is 100 cm³/mol. The molecule has 25 heavy (non-hydrogen) atoms. The summed E-state index contributed by atoms with van der Waals surface area (Å²) in [5.41, 5.74) is 2.59. The van der Waals surface area contributed by atoms with E-state index in [0.29, 0.717) is 5.82 Å². The maximum absolute atomic E-state index is 13.3. The van der Waals surface area contributed by atoms with Crippen molar-refractivity contribution in [2.75, 3.05) is 5.32 Å². The SMILES string of the molecule is Cc1nn(-c2ccc(F)cc2)c2c1C(c1cccs1)SC(C)C(=O)N2. The van der Waals surface area contributed by atoms with E-state index in [9.17, 15) is 9.18 Å². The molecule has 2 aromatic heterocycles. The van der Waals surface area contributed by atoms with Crippen LogP contribution in [0.1, 0.15) is 28.3 Å². The Morgan fingerprint density at radius 3 is 2.68 bits per heavy atom. The molecule has 0 fully saturated rings. The molecule has 0 radical (unpaired) electrons. The van der Waals surface area contributed by atoms with Crippen molar-refractivity contribution >= 4 is 34.8 Å². The van der Waals surface area contributed by atoms with Crippen LogP contribution < -0.4 is 5.32 Å². The number of hydrogen-bond donors (Lipinski definition) is 1. The van der Waals surface area contributed by atoms with Gasteiger partial charge in [0.15, 0.2) is 0 Å². The first kappa shape index (κ1) is 16.4. The van der Waals surface area contributed by atoms with E-state index in [-0.39, 0.29) is 22.2 Å². The van der Waals surface area contributed by atoms with Gasteiger partial charge in [-0.25, -0.2) is 9.07 Å². The van der Waals surface area contributed by atoms with Crippen molar-refractivity contribution < 1.29 is 9.18 Å². The number of nitrogens with one attached hydrogen (secondary N) is 1. The summed E-state index contributed by atoms with van der Waals surface area (Å²) in [7, 11) is 0. The molecule has 0 saturated heterocycles. The maximum Gasteiger partial charge on any atom is 0.238 e. The zero-order chi connectivity index (χ0) is 17.6. The molecule has 4 rings (SSSR count). The van der Waals surface area contributed by atoms with E-state index < -0.39 is 0 Å². The second-order valence-corrected chi connectivity index (χ2v) is 8.33. The number of carbonyl (C=O) groups is 1. The van der Waals surface area contributed by atoms with Crippen LogP contribution in [-0.4, -0.2) is 20.9 Å². The van der Waals surface area contributed by atoms with Gasteiger partial charge in [0.1, 0.15) is 11.6 Å². The molecule has 1 aliphatic rings. The summed E-state index contributed by atoms with van der Waals surface area (Å²) in [5.74, 6) is 0.321. The van der Waals surface area contributed by atoms with Gasteiger partial charge in [-0.3, -0.25) is 4.79 Å². The van der Waals surface area contributed by atoms with Crippen LogP contribution in [0.15, 0.2) is 41.8 Å². The van der Waals surface area contributed by atoms with Crippen molar-refractivity contribution in [1.82, 2.24) is 9.78 Å². The van der Waals surface area contributed by atoms with Crippen LogP contribution in [0, 0.1) is 12.7 Å². The molecule has 1 aliphatic heterocycles. The number of nitrogens with zero attached hydrogens (tertiary/aromatic N) is 2. The Balaban J connectivity index is 1.90. The lowest BCUT2D eigenvalue weighted by Gasteiger charge is -2.15. The topological polar surface area (TPSA) is 46.9 Å². The lowest BCUT2D eigenvalue weighted by molar-refractivity contribution is -0.115. The van der Waals surface area contributed by atoms with Crippen molar-refractivity contribution in [3.05, 3.63) is 63.7 Å². The number of anilines is 1. The standard InChI is InChI=1S/C18H16FN3OS2/c1-10-15-16(14-4-3-9-24-14)25-11(2)18(23)20-17(15)22(21-10)13-7-5-12(19)6-8-13/h3-9,11,16H,1-2H3,(H,20,23). The van der Waals surface area contributed by atoms with Crippen molar-refractivity contribution in [3.8, 4) is 5.69 Å². The fourth-order valence-corrected chi connectivity index (χ4v) is 5.21. The fourth-order valence-electron chi connectivity index (χ4n) is 2.94. The van der Waals surface area contributed by atoms with Crippen molar-refractivity contribution in [1.29, 1.82) is 0 Å². The van der Waals surface area contributed by atoms with E-state index in [0.717, 1.165) is 16.9 Å². The van der Waals surface area contributed by atoms with E-state index in [2.05, 4.69) is 16.5 Å². The van der Waals surface area contributed by atoms with Crippen molar-refractivity contribution in [2.45, 2.75) is 24.3 Å². The Kier molecular flexibility index (Phi) is 4.13. The van der Waals surface area contributed by atoms with Gasteiger partial charge < -0.3 is 5.32 Å². The number of fused-ring (bicyclic) bond motifs is 1. The fraction of sp³-hybridized carbons (Fsp3) is 0.222. The molecule has 0 aliphatic carbocycles. The average Bonchev–Trinajstić information content (AvgIpc) is 3.19. The van der Waals surface area contributed by atoms with Crippen LogP contribution in [-0.2, 0) is 4.79 Å². The molecule has 4 nitrogen and oxygen atoms in total. The van der Waals surface area contributed by atoms with Crippen LogP contribution in [0.25, 0.3) is 5.69 Å². The number of thiophene rings is 1. The Morgan fingerprint density at radius 2 is 2.00 bits per heavy atom. The van der Waals surface area contributed by atoms with E-state index in [1.807, 2.05) is 25.3 Å². The van der Waals surface area contributed by atoms with Gasteiger partial charge in [0.25, 0.3) is 0 Å². The molecule has 3 aromatic rings. The van der Waals surface area contributed by atoms with Crippen LogP contribution in [0.4, 0.5) is 10.2 Å². The van der Waals surface area contributed by atoms with Gasteiger partial charge in [0, 0.05) is 10.4 Å². The van der Waals surface area contributed by atoms with Crippen LogP contribution >= 0.6 is 23.1 Å². The minimum absolute atomic E-state index is 0.0400. The van der Waals surface area contributed by atoms with E-state index in [1.165, 1.54) is 17.0 Å².